The monoisotopic (exact) mass is 170 g/mol. The first kappa shape index (κ1) is 10.9. The van der Waals surface area contributed by atoms with E-state index in [4.69, 9.17) is 4.74 Å². The first-order valence-corrected chi connectivity index (χ1v) is 3.99. The number of aldehydes is 1. The molecule has 0 fully saturated rings. The van der Waals surface area contributed by atoms with Crippen molar-refractivity contribution in [2.45, 2.75) is 19.8 Å². The van der Waals surface area contributed by atoms with Gasteiger partial charge in [-0.3, -0.25) is 4.79 Å². The largest absolute Gasteiger partial charge is 0.461 e. The first-order valence-electron chi connectivity index (χ1n) is 3.99. The number of esters is 1. The predicted molar refractivity (Wildman–Crippen MR) is 45.6 cm³/mol. The quantitative estimate of drug-likeness (QED) is 0.261. The lowest BCUT2D eigenvalue weighted by Gasteiger charge is -2.06. The second-order valence-corrected chi connectivity index (χ2v) is 2.45. The molecule has 0 N–H and O–H groups in total. The van der Waals surface area contributed by atoms with Crippen molar-refractivity contribution in [3.05, 3.63) is 12.7 Å². The van der Waals surface area contributed by atoms with E-state index in [2.05, 4.69) is 6.58 Å². The Morgan fingerprint density at radius 3 is 2.75 bits per heavy atom. The first-order chi connectivity index (χ1) is 5.76. The summed E-state index contributed by atoms with van der Waals surface area (Å²) in [5, 5.41) is 0. The third kappa shape index (κ3) is 3.91. The van der Waals surface area contributed by atoms with Gasteiger partial charge in [0.25, 0.3) is 0 Å². The summed E-state index contributed by atoms with van der Waals surface area (Å²) in [5.41, 5.74) is 0. The highest BCUT2D eigenvalue weighted by Gasteiger charge is 2.16. The van der Waals surface area contributed by atoms with Gasteiger partial charge in [-0.05, 0) is 6.42 Å². The molecule has 0 aliphatic carbocycles. The van der Waals surface area contributed by atoms with Gasteiger partial charge in [-0.2, -0.15) is 0 Å². The Labute approximate surface area is 72.4 Å². The van der Waals surface area contributed by atoms with Crippen molar-refractivity contribution >= 4 is 12.3 Å². The summed E-state index contributed by atoms with van der Waals surface area (Å²) in [6.07, 6.45) is 3.46. The molecular weight excluding hydrogens is 156 g/mol. The Bertz CT molecular complexity index is 163. The summed E-state index contributed by atoms with van der Waals surface area (Å²) in [4.78, 5) is 21.4. The lowest BCUT2D eigenvalue weighted by atomic mass is 10.1. The van der Waals surface area contributed by atoms with Crippen molar-refractivity contribution < 1.29 is 14.3 Å². The molecule has 68 valence electrons. The van der Waals surface area contributed by atoms with E-state index in [9.17, 15) is 9.59 Å². The van der Waals surface area contributed by atoms with Crippen molar-refractivity contribution in [1.82, 2.24) is 0 Å². The van der Waals surface area contributed by atoms with Crippen LogP contribution in [0.5, 0.6) is 0 Å². The molecule has 0 aliphatic heterocycles. The Balaban J connectivity index is 3.84. The van der Waals surface area contributed by atoms with Crippen LogP contribution in [0, 0.1) is 5.92 Å². The van der Waals surface area contributed by atoms with Crippen LogP contribution in [0.4, 0.5) is 0 Å². The molecule has 1 atom stereocenters. The third-order valence-corrected chi connectivity index (χ3v) is 1.41. The fourth-order valence-electron chi connectivity index (χ4n) is 0.801. The van der Waals surface area contributed by atoms with Crippen molar-refractivity contribution in [3.8, 4) is 0 Å². The van der Waals surface area contributed by atoms with Gasteiger partial charge in [-0.25, -0.2) is 0 Å². The van der Waals surface area contributed by atoms with Crippen LogP contribution in [0.3, 0.4) is 0 Å². The van der Waals surface area contributed by atoms with Gasteiger partial charge in [-0.15, -0.1) is 0 Å². The molecule has 0 aliphatic rings. The van der Waals surface area contributed by atoms with Crippen LogP contribution >= 0.6 is 0 Å². The maximum Gasteiger partial charge on any atom is 0.316 e. The van der Waals surface area contributed by atoms with E-state index >= 15 is 0 Å². The van der Waals surface area contributed by atoms with E-state index < -0.39 is 11.9 Å². The molecule has 0 aromatic rings. The minimum Gasteiger partial charge on any atom is -0.461 e. The van der Waals surface area contributed by atoms with Gasteiger partial charge < -0.3 is 9.53 Å². The van der Waals surface area contributed by atoms with Crippen molar-refractivity contribution in [1.29, 1.82) is 0 Å². The summed E-state index contributed by atoms with van der Waals surface area (Å²) in [6, 6.07) is 0. The molecule has 0 aromatic heterocycles. The van der Waals surface area contributed by atoms with E-state index in [1.165, 1.54) is 6.08 Å². The molecule has 0 saturated carbocycles. The van der Waals surface area contributed by atoms with Crippen LogP contribution in [-0.2, 0) is 14.3 Å². The molecular formula is C9H14O3. The molecule has 0 amide bonds. The Hall–Kier alpha value is -1.12. The van der Waals surface area contributed by atoms with Crippen LogP contribution in [0.15, 0.2) is 12.7 Å². The van der Waals surface area contributed by atoms with Gasteiger partial charge in [0, 0.05) is 0 Å². The number of rotatable bonds is 6. The Kier molecular flexibility index (Phi) is 5.97. The highest BCUT2D eigenvalue weighted by atomic mass is 16.5. The average molecular weight is 170 g/mol. The summed E-state index contributed by atoms with van der Waals surface area (Å²) in [7, 11) is 0. The maximum absolute atomic E-state index is 11.0. The minimum atomic E-state index is -0.602. The Morgan fingerprint density at radius 2 is 2.33 bits per heavy atom. The average Bonchev–Trinajstić information content (AvgIpc) is 2.10. The van der Waals surface area contributed by atoms with Crippen LogP contribution < -0.4 is 0 Å². The highest BCUT2D eigenvalue weighted by Crippen LogP contribution is 2.05. The van der Waals surface area contributed by atoms with E-state index in [0.29, 0.717) is 12.7 Å². The number of hydrogen-bond acceptors (Lipinski definition) is 3. The zero-order valence-corrected chi connectivity index (χ0v) is 7.29. The number of carbonyl (C=O) groups excluding carboxylic acids is 2. The van der Waals surface area contributed by atoms with Gasteiger partial charge in [0.15, 0.2) is 0 Å². The normalized spacial score (nSPS) is 11.8. The van der Waals surface area contributed by atoms with Gasteiger partial charge in [0.2, 0.25) is 0 Å². The molecule has 0 saturated heterocycles. The van der Waals surface area contributed by atoms with Gasteiger partial charge in [0.1, 0.15) is 18.8 Å². The van der Waals surface area contributed by atoms with Crippen molar-refractivity contribution in [3.63, 3.8) is 0 Å². The Morgan fingerprint density at radius 1 is 1.67 bits per heavy atom. The summed E-state index contributed by atoms with van der Waals surface area (Å²) >= 11 is 0. The zero-order valence-electron chi connectivity index (χ0n) is 7.29. The SMILES string of the molecule is C=CCOC(=O)C(C=O)CCC. The minimum absolute atomic E-state index is 0.173. The predicted octanol–water partition coefficient (Wildman–Crippen LogP) is 1.33. The molecule has 12 heavy (non-hydrogen) atoms. The zero-order chi connectivity index (χ0) is 9.40. The molecule has 0 rings (SSSR count). The van der Waals surface area contributed by atoms with Crippen LogP contribution in [0.1, 0.15) is 19.8 Å². The molecule has 0 heterocycles. The maximum atomic E-state index is 11.0. The molecule has 0 bridgehead atoms. The second-order valence-electron chi connectivity index (χ2n) is 2.45. The smallest absolute Gasteiger partial charge is 0.316 e. The van der Waals surface area contributed by atoms with E-state index in [-0.39, 0.29) is 6.61 Å². The summed E-state index contributed by atoms with van der Waals surface area (Å²) in [6.45, 7) is 5.49. The number of ether oxygens (including phenoxy) is 1. The fraction of sp³-hybridized carbons (Fsp3) is 0.556. The van der Waals surface area contributed by atoms with Gasteiger partial charge >= 0.3 is 5.97 Å². The van der Waals surface area contributed by atoms with E-state index in [0.717, 1.165) is 6.42 Å². The van der Waals surface area contributed by atoms with Crippen LogP contribution in [-0.4, -0.2) is 18.9 Å². The summed E-state index contributed by atoms with van der Waals surface area (Å²) < 4.78 is 4.71. The molecule has 0 aromatic carbocycles. The van der Waals surface area contributed by atoms with Crippen LogP contribution in [0.2, 0.25) is 0 Å². The van der Waals surface area contributed by atoms with E-state index in [1.807, 2.05) is 6.92 Å². The van der Waals surface area contributed by atoms with Crippen molar-refractivity contribution in [2.24, 2.45) is 5.92 Å². The topological polar surface area (TPSA) is 43.4 Å². The molecule has 3 nitrogen and oxygen atoms in total. The standard InChI is InChI=1S/C9H14O3/c1-3-5-8(7-10)9(11)12-6-4-2/h4,7-8H,2-3,5-6H2,1H3. The molecule has 0 radical (unpaired) electrons. The molecule has 0 spiro atoms. The van der Waals surface area contributed by atoms with Crippen molar-refractivity contribution in [2.75, 3.05) is 6.61 Å². The number of carbonyl (C=O) groups is 2. The third-order valence-electron chi connectivity index (χ3n) is 1.41. The number of hydrogen-bond donors (Lipinski definition) is 0. The van der Waals surface area contributed by atoms with E-state index in [1.54, 1.807) is 0 Å². The lowest BCUT2D eigenvalue weighted by Crippen LogP contribution is -2.18. The van der Waals surface area contributed by atoms with Gasteiger partial charge in [0.05, 0.1) is 0 Å². The summed E-state index contributed by atoms with van der Waals surface area (Å²) in [5.74, 6) is -1.05. The molecule has 3 heteroatoms. The lowest BCUT2D eigenvalue weighted by molar-refractivity contribution is -0.148. The fourth-order valence-corrected chi connectivity index (χ4v) is 0.801. The van der Waals surface area contributed by atoms with Crippen LogP contribution in [0.25, 0.3) is 0 Å². The highest BCUT2D eigenvalue weighted by molar-refractivity contribution is 5.87. The second kappa shape index (κ2) is 6.58. The molecule has 1 unspecified atom stereocenters. The van der Waals surface area contributed by atoms with Gasteiger partial charge in [-0.1, -0.05) is 26.0 Å².